The zero-order chi connectivity index (χ0) is 14.8. The summed E-state index contributed by atoms with van der Waals surface area (Å²) in [5.74, 6) is 1.56. The Kier molecular flexibility index (Phi) is 8.98. The van der Waals surface area contributed by atoms with Crippen molar-refractivity contribution in [1.82, 2.24) is 10.2 Å². The van der Waals surface area contributed by atoms with Gasteiger partial charge in [-0.1, -0.05) is 34.4 Å². The van der Waals surface area contributed by atoms with Crippen LogP contribution >= 0.6 is 21.6 Å². The second-order valence-corrected chi connectivity index (χ2v) is 8.97. The van der Waals surface area contributed by atoms with Crippen LogP contribution in [0.25, 0.3) is 0 Å². The van der Waals surface area contributed by atoms with Crippen LogP contribution < -0.4 is 5.32 Å². The third-order valence-electron chi connectivity index (χ3n) is 4.33. The van der Waals surface area contributed by atoms with Crippen molar-refractivity contribution >= 4 is 27.5 Å². The van der Waals surface area contributed by atoms with E-state index in [0.717, 1.165) is 31.2 Å². The third-order valence-corrected chi connectivity index (χ3v) is 7.34. The number of carbonyl (C=O) groups excluding carboxylic acids is 1. The number of nitrogens with one attached hydrogen (secondary N) is 1. The summed E-state index contributed by atoms with van der Waals surface area (Å²) in [5.41, 5.74) is 0. The van der Waals surface area contributed by atoms with Gasteiger partial charge in [0, 0.05) is 24.0 Å². The maximum atomic E-state index is 11.8. The lowest BCUT2D eigenvalue weighted by molar-refractivity contribution is -0.121. The first-order valence-corrected chi connectivity index (χ1v) is 11.0. The molecule has 2 aliphatic rings. The fraction of sp³-hybridized carbons (Fsp3) is 0.938. The Bertz CT molecular complexity index is 290. The molecule has 122 valence electrons. The molecule has 21 heavy (non-hydrogen) atoms. The minimum Gasteiger partial charge on any atom is -0.356 e. The molecular weight excluding hydrogens is 300 g/mol. The molecule has 0 aromatic rings. The number of nitrogens with zero attached hydrogens (tertiary/aromatic N) is 1. The van der Waals surface area contributed by atoms with Gasteiger partial charge in [0.05, 0.1) is 0 Å². The highest BCUT2D eigenvalue weighted by molar-refractivity contribution is 8.77. The second-order valence-electron chi connectivity index (χ2n) is 6.18. The van der Waals surface area contributed by atoms with Gasteiger partial charge in [-0.15, -0.1) is 0 Å². The van der Waals surface area contributed by atoms with E-state index in [4.69, 9.17) is 0 Å². The Hall–Kier alpha value is 0.130. The van der Waals surface area contributed by atoms with Crippen molar-refractivity contribution in [2.24, 2.45) is 0 Å². The minimum absolute atomic E-state index is 0.252. The minimum atomic E-state index is 0.252. The highest BCUT2D eigenvalue weighted by Crippen LogP contribution is 2.39. The Morgan fingerprint density at radius 2 is 2.00 bits per heavy atom. The molecule has 0 spiro atoms. The quantitative estimate of drug-likeness (QED) is 0.516. The van der Waals surface area contributed by atoms with Crippen molar-refractivity contribution in [3.8, 4) is 0 Å². The van der Waals surface area contributed by atoms with Gasteiger partial charge in [-0.25, -0.2) is 0 Å². The number of piperidine rings is 1. The fourth-order valence-corrected chi connectivity index (χ4v) is 6.05. The molecule has 2 fully saturated rings. The molecular formula is C16H30N2OS2. The van der Waals surface area contributed by atoms with E-state index in [-0.39, 0.29) is 5.91 Å². The van der Waals surface area contributed by atoms with E-state index in [2.05, 4.69) is 10.2 Å². The Morgan fingerprint density at radius 3 is 2.76 bits per heavy atom. The predicted molar refractivity (Wildman–Crippen MR) is 94.8 cm³/mol. The summed E-state index contributed by atoms with van der Waals surface area (Å²) >= 11 is 0. The van der Waals surface area contributed by atoms with E-state index in [1.807, 2.05) is 21.6 Å². The first-order valence-electron chi connectivity index (χ1n) is 8.62. The number of amides is 1. The van der Waals surface area contributed by atoms with Crippen LogP contribution in [-0.4, -0.2) is 48.0 Å². The molecule has 0 aromatic heterocycles. The largest absolute Gasteiger partial charge is 0.356 e. The van der Waals surface area contributed by atoms with Gasteiger partial charge in [0.2, 0.25) is 5.91 Å². The Balaban J connectivity index is 1.38. The lowest BCUT2D eigenvalue weighted by Crippen LogP contribution is -2.33. The van der Waals surface area contributed by atoms with Gasteiger partial charge >= 0.3 is 0 Å². The normalized spacial score (nSPS) is 23.3. The summed E-state index contributed by atoms with van der Waals surface area (Å²) in [4.78, 5) is 14.3. The van der Waals surface area contributed by atoms with Gasteiger partial charge in [-0.3, -0.25) is 4.79 Å². The molecule has 2 saturated heterocycles. The Morgan fingerprint density at radius 1 is 1.14 bits per heavy atom. The highest BCUT2D eigenvalue weighted by atomic mass is 33.1. The lowest BCUT2D eigenvalue weighted by Gasteiger charge is -2.26. The topological polar surface area (TPSA) is 32.3 Å². The first-order chi connectivity index (χ1) is 10.3. The van der Waals surface area contributed by atoms with E-state index in [1.54, 1.807) is 0 Å². The van der Waals surface area contributed by atoms with Gasteiger partial charge in [0.25, 0.3) is 0 Å². The van der Waals surface area contributed by atoms with Gasteiger partial charge in [0.1, 0.15) is 0 Å². The average molecular weight is 331 g/mol. The van der Waals surface area contributed by atoms with Crippen molar-refractivity contribution in [2.75, 3.05) is 31.9 Å². The molecule has 0 bridgehead atoms. The number of hydrogen-bond acceptors (Lipinski definition) is 4. The van der Waals surface area contributed by atoms with Crippen molar-refractivity contribution < 1.29 is 4.79 Å². The summed E-state index contributed by atoms with van der Waals surface area (Å²) in [7, 11) is 4.05. The molecule has 0 saturated carbocycles. The van der Waals surface area contributed by atoms with Crippen LogP contribution in [0.2, 0.25) is 0 Å². The molecule has 5 heteroatoms. The lowest BCUT2D eigenvalue weighted by atomic mass is 10.1. The van der Waals surface area contributed by atoms with Crippen LogP contribution in [0, 0.1) is 0 Å². The maximum absolute atomic E-state index is 11.8. The average Bonchev–Trinajstić information content (AvgIpc) is 3.02. The molecule has 3 nitrogen and oxygen atoms in total. The van der Waals surface area contributed by atoms with Crippen LogP contribution in [0.5, 0.6) is 0 Å². The molecule has 1 unspecified atom stereocenters. The van der Waals surface area contributed by atoms with Gasteiger partial charge in [-0.2, -0.15) is 0 Å². The summed E-state index contributed by atoms with van der Waals surface area (Å²) in [5, 5.41) is 3.93. The Labute approximate surface area is 137 Å². The molecule has 2 heterocycles. The number of hydrogen-bond donors (Lipinski definition) is 1. The molecule has 1 atom stereocenters. The van der Waals surface area contributed by atoms with Crippen molar-refractivity contribution in [1.29, 1.82) is 0 Å². The van der Waals surface area contributed by atoms with E-state index in [9.17, 15) is 4.79 Å². The fourth-order valence-electron chi connectivity index (χ4n) is 3.02. The molecule has 1 N–H and O–H groups in total. The number of rotatable bonds is 9. The van der Waals surface area contributed by atoms with E-state index in [1.165, 1.54) is 57.4 Å². The summed E-state index contributed by atoms with van der Waals surface area (Å²) in [6, 6.07) is 0. The molecule has 0 radical (unpaired) electrons. The monoisotopic (exact) mass is 330 g/mol. The van der Waals surface area contributed by atoms with Crippen LogP contribution in [0.4, 0.5) is 0 Å². The van der Waals surface area contributed by atoms with Gasteiger partial charge in [0.15, 0.2) is 0 Å². The predicted octanol–water partition coefficient (Wildman–Crippen LogP) is 3.69. The number of likely N-dealkylation sites (tertiary alicyclic amines) is 1. The van der Waals surface area contributed by atoms with Crippen molar-refractivity contribution in [3.05, 3.63) is 0 Å². The zero-order valence-corrected chi connectivity index (χ0v) is 14.8. The van der Waals surface area contributed by atoms with Crippen LogP contribution in [0.1, 0.15) is 57.8 Å². The van der Waals surface area contributed by atoms with Crippen LogP contribution in [0.3, 0.4) is 0 Å². The molecule has 0 aliphatic carbocycles. The van der Waals surface area contributed by atoms with Crippen LogP contribution in [0.15, 0.2) is 0 Å². The van der Waals surface area contributed by atoms with Gasteiger partial charge in [-0.05, 0) is 58.2 Å². The van der Waals surface area contributed by atoms with Crippen LogP contribution in [-0.2, 0) is 4.79 Å². The maximum Gasteiger partial charge on any atom is 0.219 e. The molecule has 2 rings (SSSR count). The first kappa shape index (κ1) is 17.5. The number of unbranched alkanes of at least 4 members (excludes halogenated alkanes) is 1. The second kappa shape index (κ2) is 10.8. The van der Waals surface area contributed by atoms with E-state index < -0.39 is 0 Å². The van der Waals surface area contributed by atoms with E-state index in [0.29, 0.717) is 6.42 Å². The SMILES string of the molecule is O=C(CCCCC1CCSS1)NCCCN1CCCCC1. The summed E-state index contributed by atoms with van der Waals surface area (Å²) < 4.78 is 0. The standard InChI is InChI=1S/C16H30N2OS2/c19-16(8-3-2-7-15-9-14-20-21-15)17-10-6-13-18-11-4-1-5-12-18/h15H,1-14H2,(H,17,19). The highest BCUT2D eigenvalue weighted by Gasteiger charge is 2.15. The van der Waals surface area contributed by atoms with Gasteiger partial charge < -0.3 is 10.2 Å². The molecule has 1 amide bonds. The smallest absolute Gasteiger partial charge is 0.219 e. The summed E-state index contributed by atoms with van der Waals surface area (Å²) in [6.07, 6.45) is 10.8. The number of carbonyl (C=O) groups is 1. The van der Waals surface area contributed by atoms with Crippen molar-refractivity contribution in [3.63, 3.8) is 0 Å². The third kappa shape index (κ3) is 7.80. The zero-order valence-electron chi connectivity index (χ0n) is 13.1. The molecule has 2 aliphatic heterocycles. The van der Waals surface area contributed by atoms with Crippen molar-refractivity contribution in [2.45, 2.75) is 63.0 Å². The van der Waals surface area contributed by atoms with E-state index >= 15 is 0 Å². The summed E-state index contributed by atoms with van der Waals surface area (Å²) in [6.45, 7) is 4.51. The molecule has 0 aromatic carbocycles.